The lowest BCUT2D eigenvalue weighted by Gasteiger charge is -2.12. The number of nitro groups is 1. The molecule has 0 unspecified atom stereocenters. The van der Waals surface area contributed by atoms with Gasteiger partial charge in [-0.2, -0.15) is 0 Å². The molecule has 0 spiro atoms. The zero-order valence-electron chi connectivity index (χ0n) is 14.0. The number of hydrogen-bond donors (Lipinski definition) is 2. The van der Waals surface area contributed by atoms with Crippen molar-refractivity contribution < 1.29 is 9.72 Å². The van der Waals surface area contributed by atoms with E-state index in [4.69, 9.17) is 0 Å². The largest absolute Gasteiger partial charge is 0.376 e. The van der Waals surface area contributed by atoms with Crippen LogP contribution in [0.4, 0.5) is 17.1 Å². The number of nitrogens with zero attached hydrogens (tertiary/aromatic N) is 1. The van der Waals surface area contributed by atoms with Crippen LogP contribution >= 0.6 is 0 Å². The van der Waals surface area contributed by atoms with Crippen molar-refractivity contribution in [2.75, 3.05) is 17.2 Å². The van der Waals surface area contributed by atoms with Crippen LogP contribution < -0.4 is 10.6 Å². The third-order valence-electron chi connectivity index (χ3n) is 4.68. The van der Waals surface area contributed by atoms with E-state index in [0.717, 1.165) is 23.9 Å². The van der Waals surface area contributed by atoms with Gasteiger partial charge in [0.15, 0.2) is 0 Å². The first-order valence-electron chi connectivity index (χ1n) is 8.43. The molecule has 3 aromatic carbocycles. The Hall–Kier alpha value is -3.41. The van der Waals surface area contributed by atoms with Crippen molar-refractivity contribution in [1.29, 1.82) is 0 Å². The van der Waals surface area contributed by atoms with Crippen molar-refractivity contribution in [2.24, 2.45) is 0 Å². The summed E-state index contributed by atoms with van der Waals surface area (Å²) < 4.78 is 0. The Morgan fingerprint density at radius 3 is 2.46 bits per heavy atom. The number of non-ortho nitro benzene ring substituents is 1. The molecule has 1 amide bonds. The van der Waals surface area contributed by atoms with Crippen molar-refractivity contribution in [3.05, 3.63) is 75.8 Å². The van der Waals surface area contributed by atoms with Crippen LogP contribution in [-0.2, 0) is 17.6 Å². The molecular formula is C20H17N3O3. The summed E-state index contributed by atoms with van der Waals surface area (Å²) in [5, 5.41) is 19.0. The fraction of sp³-hybridized carbons (Fsp3) is 0.150. The predicted molar refractivity (Wildman–Crippen MR) is 102 cm³/mol. The van der Waals surface area contributed by atoms with Gasteiger partial charge in [0.05, 0.1) is 11.5 Å². The van der Waals surface area contributed by atoms with Crippen LogP contribution in [0.1, 0.15) is 11.1 Å². The molecule has 0 aromatic heterocycles. The molecule has 0 fully saturated rings. The van der Waals surface area contributed by atoms with Crippen LogP contribution in [0.2, 0.25) is 0 Å². The number of nitro benzene ring substituents is 1. The summed E-state index contributed by atoms with van der Waals surface area (Å²) in [4.78, 5) is 22.4. The average molecular weight is 347 g/mol. The second kappa shape index (κ2) is 6.48. The minimum atomic E-state index is -0.469. The summed E-state index contributed by atoms with van der Waals surface area (Å²) in [5.41, 5.74) is 4.18. The molecule has 0 saturated carbocycles. The van der Waals surface area contributed by atoms with Gasteiger partial charge in [0.25, 0.3) is 5.69 Å². The predicted octanol–water partition coefficient (Wildman–Crippen LogP) is 3.90. The van der Waals surface area contributed by atoms with Crippen molar-refractivity contribution in [3.63, 3.8) is 0 Å². The Labute approximate surface area is 150 Å². The third-order valence-corrected chi connectivity index (χ3v) is 4.68. The third kappa shape index (κ3) is 2.97. The minimum Gasteiger partial charge on any atom is -0.376 e. The van der Waals surface area contributed by atoms with Gasteiger partial charge in [0.1, 0.15) is 0 Å². The maximum Gasteiger partial charge on any atom is 0.269 e. The minimum absolute atomic E-state index is 0.00555. The lowest BCUT2D eigenvalue weighted by atomic mass is 10.0. The highest BCUT2D eigenvalue weighted by Gasteiger charge is 2.16. The molecule has 26 heavy (non-hydrogen) atoms. The highest BCUT2D eigenvalue weighted by molar-refractivity contribution is 6.01. The van der Waals surface area contributed by atoms with E-state index >= 15 is 0 Å². The maximum absolute atomic E-state index is 12.2. The molecule has 6 heteroatoms. The number of aryl methyl sites for hydroxylation is 2. The van der Waals surface area contributed by atoms with Crippen LogP contribution in [0.5, 0.6) is 0 Å². The molecule has 3 aromatic rings. The summed E-state index contributed by atoms with van der Waals surface area (Å²) in [6.07, 6.45) is 2.13. The summed E-state index contributed by atoms with van der Waals surface area (Å²) in [5.74, 6) is -0.206. The monoisotopic (exact) mass is 347 g/mol. The van der Waals surface area contributed by atoms with E-state index in [9.17, 15) is 14.9 Å². The number of benzene rings is 3. The normalized spacial score (nSPS) is 12.2. The lowest BCUT2D eigenvalue weighted by molar-refractivity contribution is -0.384. The van der Waals surface area contributed by atoms with Crippen molar-refractivity contribution in [2.45, 2.75) is 12.8 Å². The highest BCUT2D eigenvalue weighted by atomic mass is 16.6. The average Bonchev–Trinajstić information content (AvgIpc) is 3.07. The number of rotatable bonds is 5. The molecule has 4 rings (SSSR count). The number of anilines is 2. The van der Waals surface area contributed by atoms with E-state index in [2.05, 4.69) is 34.9 Å². The second-order valence-electron chi connectivity index (χ2n) is 6.32. The van der Waals surface area contributed by atoms with E-state index < -0.39 is 4.92 Å². The smallest absolute Gasteiger partial charge is 0.269 e. The molecule has 0 heterocycles. The molecule has 1 aliphatic carbocycles. The number of hydrogen-bond acceptors (Lipinski definition) is 4. The number of nitrogens with one attached hydrogen (secondary N) is 2. The van der Waals surface area contributed by atoms with E-state index in [1.54, 1.807) is 0 Å². The molecular weight excluding hydrogens is 330 g/mol. The standard InChI is InChI=1S/C20H17N3O3/c24-19(22-15-7-9-16(10-8-15)23(25)26)12-21-18-11-6-14-5-4-13-2-1-3-17(18)20(13)14/h1-3,6-11,21H,4-5,12H2,(H,22,24). The fourth-order valence-corrected chi connectivity index (χ4v) is 3.45. The molecule has 0 atom stereocenters. The van der Waals surface area contributed by atoms with Gasteiger partial charge < -0.3 is 10.6 Å². The van der Waals surface area contributed by atoms with Crippen molar-refractivity contribution in [3.8, 4) is 0 Å². The number of carbonyl (C=O) groups excluding carboxylic acids is 1. The van der Waals surface area contributed by atoms with Gasteiger partial charge in [-0.1, -0.05) is 24.3 Å². The first-order valence-corrected chi connectivity index (χ1v) is 8.43. The van der Waals surface area contributed by atoms with Gasteiger partial charge >= 0.3 is 0 Å². The van der Waals surface area contributed by atoms with Crippen LogP contribution in [0.25, 0.3) is 10.8 Å². The van der Waals surface area contributed by atoms with Crippen molar-refractivity contribution in [1.82, 2.24) is 0 Å². The summed E-state index contributed by atoms with van der Waals surface area (Å²) in [6, 6.07) is 16.2. The first kappa shape index (κ1) is 16.1. The van der Waals surface area contributed by atoms with Crippen LogP contribution in [-0.4, -0.2) is 17.4 Å². The van der Waals surface area contributed by atoms with Crippen LogP contribution in [0.15, 0.2) is 54.6 Å². The summed E-state index contributed by atoms with van der Waals surface area (Å²) in [7, 11) is 0. The van der Waals surface area contributed by atoms with E-state index in [1.807, 2.05) is 6.07 Å². The first-order chi connectivity index (χ1) is 12.6. The van der Waals surface area contributed by atoms with Gasteiger partial charge in [0.2, 0.25) is 5.91 Å². The van der Waals surface area contributed by atoms with Gasteiger partial charge in [-0.3, -0.25) is 14.9 Å². The maximum atomic E-state index is 12.2. The SMILES string of the molecule is O=C(CNc1ccc2c3c(cccc13)CC2)Nc1ccc([N+](=O)[O-])cc1. The van der Waals surface area contributed by atoms with E-state index in [1.165, 1.54) is 40.8 Å². The summed E-state index contributed by atoms with van der Waals surface area (Å²) >= 11 is 0. The molecule has 0 radical (unpaired) electrons. The molecule has 6 nitrogen and oxygen atoms in total. The Kier molecular flexibility index (Phi) is 4.01. The number of amides is 1. The number of carbonyl (C=O) groups is 1. The Morgan fingerprint density at radius 1 is 1.00 bits per heavy atom. The zero-order chi connectivity index (χ0) is 18.1. The second-order valence-corrected chi connectivity index (χ2v) is 6.32. The van der Waals surface area contributed by atoms with Gasteiger partial charge in [-0.25, -0.2) is 0 Å². The summed E-state index contributed by atoms with van der Waals surface area (Å²) in [6.45, 7) is 0.121. The Balaban J connectivity index is 1.45. The topological polar surface area (TPSA) is 84.3 Å². The van der Waals surface area contributed by atoms with Crippen molar-refractivity contribution >= 4 is 33.7 Å². The van der Waals surface area contributed by atoms with Crippen LogP contribution in [0.3, 0.4) is 0 Å². The Morgan fingerprint density at radius 2 is 1.73 bits per heavy atom. The Bertz CT molecular complexity index is 1000. The van der Waals surface area contributed by atoms with Gasteiger partial charge in [0, 0.05) is 28.9 Å². The van der Waals surface area contributed by atoms with E-state index in [-0.39, 0.29) is 18.1 Å². The molecule has 130 valence electrons. The lowest BCUT2D eigenvalue weighted by Crippen LogP contribution is -2.21. The van der Waals surface area contributed by atoms with Gasteiger partial charge in [-0.05, 0) is 47.6 Å². The van der Waals surface area contributed by atoms with Gasteiger partial charge in [-0.15, -0.1) is 0 Å². The molecule has 0 bridgehead atoms. The fourth-order valence-electron chi connectivity index (χ4n) is 3.45. The molecule has 1 aliphatic rings. The van der Waals surface area contributed by atoms with Crippen LogP contribution in [0, 0.1) is 10.1 Å². The molecule has 0 aliphatic heterocycles. The molecule has 0 saturated heterocycles. The zero-order valence-corrected chi connectivity index (χ0v) is 14.0. The quantitative estimate of drug-likeness (QED) is 0.541. The molecule has 2 N–H and O–H groups in total. The van der Waals surface area contributed by atoms with E-state index in [0.29, 0.717) is 5.69 Å². The highest BCUT2D eigenvalue weighted by Crippen LogP contribution is 2.34.